The molecular weight excluding hydrogens is 192 g/mol. The second kappa shape index (κ2) is 3.68. The zero-order valence-electron chi connectivity index (χ0n) is 8.94. The second-order valence-electron chi connectivity index (χ2n) is 4.26. The van der Waals surface area contributed by atoms with Gasteiger partial charge in [0.05, 0.1) is 12.1 Å². The molecule has 0 radical (unpaired) electrons. The molecule has 1 N–H and O–H groups in total. The fraction of sp³-hybridized carbons (Fsp3) is 0.636. The van der Waals surface area contributed by atoms with Gasteiger partial charge < -0.3 is 5.11 Å². The molecule has 15 heavy (non-hydrogen) atoms. The molecule has 1 saturated carbocycles. The van der Waals surface area contributed by atoms with E-state index in [9.17, 15) is 4.79 Å². The summed E-state index contributed by atoms with van der Waals surface area (Å²) < 4.78 is 1.86. The summed E-state index contributed by atoms with van der Waals surface area (Å²) in [5.74, 6) is -0.722. The minimum absolute atomic E-state index is 0.174. The summed E-state index contributed by atoms with van der Waals surface area (Å²) in [6.45, 7) is 2.87. The van der Waals surface area contributed by atoms with Gasteiger partial charge in [0.25, 0.3) is 0 Å². The molecule has 1 aromatic rings. The maximum Gasteiger partial charge on any atom is 0.304 e. The molecule has 0 atom stereocenters. The van der Waals surface area contributed by atoms with Gasteiger partial charge in [-0.3, -0.25) is 9.48 Å². The lowest BCUT2D eigenvalue weighted by molar-refractivity contribution is -0.139. The van der Waals surface area contributed by atoms with Gasteiger partial charge in [-0.15, -0.1) is 0 Å². The molecule has 1 heterocycles. The Labute approximate surface area is 88.9 Å². The van der Waals surface area contributed by atoms with E-state index in [2.05, 4.69) is 5.10 Å². The smallest absolute Gasteiger partial charge is 0.304 e. The molecule has 0 amide bonds. The molecule has 0 saturated heterocycles. The molecule has 4 nitrogen and oxygen atoms in total. The van der Waals surface area contributed by atoms with E-state index in [4.69, 9.17) is 5.11 Å². The van der Waals surface area contributed by atoms with E-state index in [-0.39, 0.29) is 11.8 Å². The third-order valence-corrected chi connectivity index (χ3v) is 3.31. The SMILES string of the molecule is CCn1ccc(C2(CC(=O)O)CCC2)n1. The Morgan fingerprint density at radius 3 is 2.80 bits per heavy atom. The van der Waals surface area contributed by atoms with E-state index in [0.29, 0.717) is 0 Å². The van der Waals surface area contributed by atoms with Crippen molar-refractivity contribution < 1.29 is 9.90 Å². The fourth-order valence-electron chi connectivity index (χ4n) is 2.24. The van der Waals surface area contributed by atoms with Crippen LogP contribution in [0.3, 0.4) is 0 Å². The molecule has 1 aliphatic carbocycles. The fourth-order valence-corrected chi connectivity index (χ4v) is 2.24. The molecule has 0 aliphatic heterocycles. The molecule has 82 valence electrons. The highest BCUT2D eigenvalue weighted by atomic mass is 16.4. The van der Waals surface area contributed by atoms with Gasteiger partial charge in [0.1, 0.15) is 0 Å². The third-order valence-electron chi connectivity index (χ3n) is 3.31. The van der Waals surface area contributed by atoms with Gasteiger partial charge in [-0.25, -0.2) is 0 Å². The molecule has 0 aromatic carbocycles. The van der Waals surface area contributed by atoms with Crippen molar-refractivity contribution in [1.29, 1.82) is 0 Å². The highest BCUT2D eigenvalue weighted by molar-refractivity contribution is 5.69. The normalized spacial score (nSPS) is 18.5. The number of aromatic nitrogens is 2. The summed E-state index contributed by atoms with van der Waals surface area (Å²) in [7, 11) is 0. The molecule has 1 fully saturated rings. The van der Waals surface area contributed by atoms with Crippen molar-refractivity contribution in [3.8, 4) is 0 Å². The predicted octanol–water partition coefficient (Wildman–Crippen LogP) is 1.80. The number of aliphatic carboxylic acids is 1. The highest BCUT2D eigenvalue weighted by Crippen LogP contribution is 2.45. The number of nitrogens with zero attached hydrogens (tertiary/aromatic N) is 2. The van der Waals surface area contributed by atoms with Crippen LogP contribution in [0.15, 0.2) is 12.3 Å². The van der Waals surface area contributed by atoms with Crippen LogP contribution in [0.4, 0.5) is 0 Å². The Morgan fingerprint density at radius 1 is 1.67 bits per heavy atom. The van der Waals surface area contributed by atoms with Crippen molar-refractivity contribution in [2.24, 2.45) is 0 Å². The van der Waals surface area contributed by atoms with Crippen LogP contribution in [0.5, 0.6) is 0 Å². The van der Waals surface area contributed by atoms with Crippen molar-refractivity contribution in [2.75, 3.05) is 0 Å². The van der Waals surface area contributed by atoms with E-state index < -0.39 is 5.97 Å². The van der Waals surface area contributed by atoms with E-state index in [0.717, 1.165) is 31.5 Å². The van der Waals surface area contributed by atoms with Crippen LogP contribution in [-0.4, -0.2) is 20.9 Å². The lowest BCUT2D eigenvalue weighted by Gasteiger charge is -2.39. The molecule has 1 aromatic heterocycles. The van der Waals surface area contributed by atoms with E-state index in [1.54, 1.807) is 0 Å². The van der Waals surface area contributed by atoms with E-state index >= 15 is 0 Å². The minimum atomic E-state index is -0.722. The summed E-state index contributed by atoms with van der Waals surface area (Å²) in [5, 5.41) is 13.3. The zero-order chi connectivity index (χ0) is 10.9. The second-order valence-corrected chi connectivity index (χ2v) is 4.26. The first-order valence-corrected chi connectivity index (χ1v) is 5.42. The van der Waals surface area contributed by atoms with Crippen molar-refractivity contribution >= 4 is 5.97 Å². The first kappa shape index (κ1) is 10.2. The van der Waals surface area contributed by atoms with Crippen molar-refractivity contribution in [3.05, 3.63) is 18.0 Å². The first-order chi connectivity index (χ1) is 7.16. The molecule has 2 rings (SSSR count). The maximum atomic E-state index is 10.8. The van der Waals surface area contributed by atoms with Crippen LogP contribution in [0.25, 0.3) is 0 Å². The van der Waals surface area contributed by atoms with Crippen molar-refractivity contribution in [2.45, 2.75) is 44.6 Å². The summed E-state index contributed by atoms with van der Waals surface area (Å²) in [4.78, 5) is 10.8. The van der Waals surface area contributed by atoms with E-state index in [1.165, 1.54) is 0 Å². The topological polar surface area (TPSA) is 55.1 Å². The van der Waals surface area contributed by atoms with Crippen LogP contribution in [0.2, 0.25) is 0 Å². The Hall–Kier alpha value is -1.32. The minimum Gasteiger partial charge on any atom is -0.481 e. The molecular formula is C11H16N2O2. The van der Waals surface area contributed by atoms with Crippen molar-refractivity contribution in [3.63, 3.8) is 0 Å². The highest BCUT2D eigenvalue weighted by Gasteiger charge is 2.42. The number of carboxylic acids is 1. The van der Waals surface area contributed by atoms with Crippen LogP contribution < -0.4 is 0 Å². The molecule has 4 heteroatoms. The Bertz CT molecular complexity index is 366. The van der Waals surface area contributed by atoms with Crippen LogP contribution in [0.1, 0.15) is 38.3 Å². The van der Waals surface area contributed by atoms with Gasteiger partial charge in [-0.2, -0.15) is 5.10 Å². The van der Waals surface area contributed by atoms with Gasteiger partial charge in [-0.05, 0) is 25.8 Å². The average Bonchev–Trinajstić information content (AvgIpc) is 2.59. The van der Waals surface area contributed by atoms with Gasteiger partial charge in [-0.1, -0.05) is 6.42 Å². The summed E-state index contributed by atoms with van der Waals surface area (Å²) in [6.07, 6.45) is 5.18. The standard InChI is InChI=1S/C11H16N2O2/c1-2-13-7-4-9(12-13)11(5-3-6-11)8-10(14)15/h4,7H,2-3,5-6,8H2,1H3,(H,14,15). The summed E-state index contributed by atoms with van der Waals surface area (Å²) in [6, 6.07) is 1.96. The van der Waals surface area contributed by atoms with Gasteiger partial charge in [0.2, 0.25) is 0 Å². The third kappa shape index (κ3) is 1.76. The summed E-state index contributed by atoms with van der Waals surface area (Å²) in [5.41, 5.74) is 0.782. The monoisotopic (exact) mass is 208 g/mol. The van der Waals surface area contributed by atoms with Crippen LogP contribution in [0, 0.1) is 0 Å². The zero-order valence-corrected chi connectivity index (χ0v) is 8.94. The Balaban J connectivity index is 2.21. The molecule has 0 spiro atoms. The number of aryl methyl sites for hydroxylation is 1. The molecule has 0 bridgehead atoms. The number of rotatable bonds is 4. The number of hydrogen-bond acceptors (Lipinski definition) is 2. The van der Waals surface area contributed by atoms with Crippen LogP contribution >= 0.6 is 0 Å². The van der Waals surface area contributed by atoms with Gasteiger partial charge >= 0.3 is 5.97 Å². The molecule has 1 aliphatic rings. The average molecular weight is 208 g/mol. The van der Waals surface area contributed by atoms with Gasteiger partial charge in [0, 0.05) is 18.2 Å². The lowest BCUT2D eigenvalue weighted by atomic mass is 9.64. The lowest BCUT2D eigenvalue weighted by Crippen LogP contribution is -2.37. The van der Waals surface area contributed by atoms with Gasteiger partial charge in [0.15, 0.2) is 0 Å². The maximum absolute atomic E-state index is 10.8. The number of carboxylic acid groups (broad SMARTS) is 1. The largest absolute Gasteiger partial charge is 0.481 e. The van der Waals surface area contributed by atoms with E-state index in [1.807, 2.05) is 23.9 Å². The quantitative estimate of drug-likeness (QED) is 0.820. The number of carbonyl (C=O) groups is 1. The van der Waals surface area contributed by atoms with Crippen LogP contribution in [-0.2, 0) is 16.8 Å². The molecule has 0 unspecified atom stereocenters. The van der Waals surface area contributed by atoms with Crippen molar-refractivity contribution in [1.82, 2.24) is 9.78 Å². The first-order valence-electron chi connectivity index (χ1n) is 5.42. The Morgan fingerprint density at radius 2 is 2.40 bits per heavy atom. The predicted molar refractivity (Wildman–Crippen MR) is 55.7 cm³/mol. The summed E-state index contributed by atoms with van der Waals surface area (Å²) >= 11 is 0. The Kier molecular flexibility index (Phi) is 2.50. The number of hydrogen-bond donors (Lipinski definition) is 1.